The molecule has 1 amide bonds. The van der Waals surface area contributed by atoms with Gasteiger partial charge in [-0.2, -0.15) is 0 Å². The van der Waals surface area contributed by atoms with Gasteiger partial charge in [0.15, 0.2) is 15.0 Å². The fourth-order valence-corrected chi connectivity index (χ4v) is 5.81. The highest BCUT2D eigenvalue weighted by Gasteiger charge is 2.22. The number of rotatable bonds is 12. The highest BCUT2D eigenvalue weighted by atomic mass is 35.5. The van der Waals surface area contributed by atoms with E-state index in [1.165, 1.54) is 11.3 Å². The van der Waals surface area contributed by atoms with Crippen molar-refractivity contribution in [3.8, 4) is 5.75 Å². The minimum atomic E-state index is -3.35. The molecule has 2 aromatic carbocycles. The van der Waals surface area contributed by atoms with E-state index in [0.29, 0.717) is 18.3 Å². The van der Waals surface area contributed by atoms with Gasteiger partial charge in [0.25, 0.3) is 0 Å². The SMILES string of the molecule is CCOc1ccc2nc(N(CCN(CC)CC)C(=O)Cc3ccc(S(=O)(=O)C(C)C)cc3)sc2c1.Cl. The maximum absolute atomic E-state index is 13.5. The van der Waals surface area contributed by atoms with Gasteiger partial charge in [-0.3, -0.25) is 9.69 Å². The van der Waals surface area contributed by atoms with E-state index in [1.807, 2.05) is 25.1 Å². The molecule has 3 rings (SSSR count). The Kier molecular flexibility index (Phi) is 11.2. The number of hydrogen-bond acceptors (Lipinski definition) is 7. The molecule has 0 spiro atoms. The van der Waals surface area contributed by atoms with Gasteiger partial charge in [-0.15, -0.1) is 12.4 Å². The Balaban J connectivity index is 0.00000456. The smallest absolute Gasteiger partial charge is 0.233 e. The monoisotopic (exact) mass is 553 g/mol. The largest absolute Gasteiger partial charge is 0.494 e. The summed E-state index contributed by atoms with van der Waals surface area (Å²) in [6.07, 6.45) is 0.167. The predicted molar refractivity (Wildman–Crippen MR) is 151 cm³/mol. The standard InChI is InChI=1S/C26H35N3O4S2.ClH/c1-6-28(7-2)15-16-29(26-27-23-14-11-21(33-8-3)18-24(23)34-26)25(30)17-20-9-12-22(13-10-20)35(31,32)19(4)5;/h9-14,18-19H,6-8,15-17H2,1-5H3;1H. The Morgan fingerprint density at radius 1 is 1.03 bits per heavy atom. The van der Waals surface area contributed by atoms with Gasteiger partial charge in [-0.25, -0.2) is 13.4 Å². The van der Waals surface area contributed by atoms with Gasteiger partial charge in [-0.05, 0) is 69.8 Å². The van der Waals surface area contributed by atoms with Crippen LogP contribution in [0.3, 0.4) is 0 Å². The Morgan fingerprint density at radius 2 is 1.69 bits per heavy atom. The van der Waals surface area contributed by atoms with Crippen molar-refractivity contribution < 1.29 is 17.9 Å². The van der Waals surface area contributed by atoms with Crippen LogP contribution < -0.4 is 9.64 Å². The van der Waals surface area contributed by atoms with Gasteiger partial charge in [0.05, 0.1) is 33.4 Å². The second kappa shape index (κ2) is 13.4. The lowest BCUT2D eigenvalue weighted by Crippen LogP contribution is -2.39. The van der Waals surface area contributed by atoms with E-state index in [0.717, 1.165) is 41.2 Å². The zero-order valence-electron chi connectivity index (χ0n) is 21.6. The Labute approximate surface area is 224 Å². The van der Waals surface area contributed by atoms with Crippen molar-refractivity contribution in [3.63, 3.8) is 0 Å². The number of sulfone groups is 1. The molecule has 1 heterocycles. The van der Waals surface area contributed by atoms with Gasteiger partial charge in [0.2, 0.25) is 5.91 Å². The zero-order valence-corrected chi connectivity index (χ0v) is 24.0. The quantitative estimate of drug-likeness (QED) is 0.306. The normalized spacial score (nSPS) is 11.6. The van der Waals surface area contributed by atoms with Gasteiger partial charge < -0.3 is 9.64 Å². The summed E-state index contributed by atoms with van der Waals surface area (Å²) in [5.74, 6) is 0.716. The van der Waals surface area contributed by atoms with Crippen molar-refractivity contribution in [2.45, 2.75) is 51.2 Å². The van der Waals surface area contributed by atoms with E-state index in [-0.39, 0.29) is 29.6 Å². The molecular formula is C26H36ClN3O4S2. The number of fused-ring (bicyclic) bond motifs is 1. The number of thiazole rings is 1. The van der Waals surface area contributed by atoms with Crippen LogP contribution in [0.2, 0.25) is 0 Å². The summed E-state index contributed by atoms with van der Waals surface area (Å²) in [6, 6.07) is 12.4. The topological polar surface area (TPSA) is 79.8 Å². The first kappa shape index (κ1) is 30.0. The van der Waals surface area contributed by atoms with Crippen LogP contribution in [0.25, 0.3) is 10.2 Å². The third-order valence-corrected chi connectivity index (χ3v) is 9.17. The van der Waals surface area contributed by atoms with Crippen LogP contribution in [0.5, 0.6) is 5.75 Å². The lowest BCUT2D eigenvalue weighted by Gasteiger charge is -2.24. The van der Waals surface area contributed by atoms with Crippen LogP contribution in [0.4, 0.5) is 5.13 Å². The van der Waals surface area contributed by atoms with E-state index >= 15 is 0 Å². The molecule has 0 aliphatic heterocycles. The molecule has 0 atom stereocenters. The molecule has 0 bridgehead atoms. The number of aromatic nitrogens is 1. The average molecular weight is 554 g/mol. The van der Waals surface area contributed by atoms with E-state index < -0.39 is 15.1 Å². The minimum absolute atomic E-state index is 0. The molecular weight excluding hydrogens is 518 g/mol. The lowest BCUT2D eigenvalue weighted by molar-refractivity contribution is -0.118. The molecule has 36 heavy (non-hydrogen) atoms. The fraction of sp³-hybridized carbons (Fsp3) is 0.462. The second-order valence-corrected chi connectivity index (χ2v) is 12.1. The molecule has 7 nitrogen and oxygen atoms in total. The minimum Gasteiger partial charge on any atom is -0.494 e. The fourth-order valence-electron chi connectivity index (χ4n) is 3.71. The number of halogens is 1. The van der Waals surface area contributed by atoms with Crippen LogP contribution in [0.15, 0.2) is 47.4 Å². The summed E-state index contributed by atoms with van der Waals surface area (Å²) in [5, 5.41) is 0.164. The molecule has 0 radical (unpaired) electrons. The van der Waals surface area contributed by atoms with Crippen molar-refractivity contribution >= 4 is 54.8 Å². The predicted octanol–water partition coefficient (Wildman–Crippen LogP) is 5.22. The van der Waals surface area contributed by atoms with Crippen LogP contribution in [0, 0.1) is 0 Å². The third kappa shape index (κ3) is 7.18. The van der Waals surface area contributed by atoms with Crippen molar-refractivity contribution in [2.75, 3.05) is 37.7 Å². The number of nitrogens with zero attached hydrogens (tertiary/aromatic N) is 3. The number of anilines is 1. The van der Waals surface area contributed by atoms with Crippen LogP contribution in [-0.2, 0) is 21.1 Å². The van der Waals surface area contributed by atoms with Crippen molar-refractivity contribution in [1.29, 1.82) is 0 Å². The van der Waals surface area contributed by atoms with E-state index in [9.17, 15) is 13.2 Å². The number of carbonyl (C=O) groups is 1. The van der Waals surface area contributed by atoms with E-state index in [4.69, 9.17) is 9.72 Å². The van der Waals surface area contributed by atoms with Crippen LogP contribution in [0.1, 0.15) is 40.2 Å². The zero-order chi connectivity index (χ0) is 25.6. The number of amides is 1. The summed E-state index contributed by atoms with van der Waals surface area (Å²) in [7, 11) is -3.35. The van der Waals surface area contributed by atoms with E-state index in [1.54, 1.807) is 43.0 Å². The summed E-state index contributed by atoms with van der Waals surface area (Å²) >= 11 is 1.48. The highest BCUT2D eigenvalue weighted by molar-refractivity contribution is 7.92. The summed E-state index contributed by atoms with van der Waals surface area (Å²) in [6.45, 7) is 13.1. The Morgan fingerprint density at radius 3 is 2.28 bits per heavy atom. The number of hydrogen-bond donors (Lipinski definition) is 0. The van der Waals surface area contributed by atoms with Crippen LogP contribution >= 0.6 is 23.7 Å². The molecule has 1 aromatic heterocycles. The Hall–Kier alpha value is -2.20. The van der Waals surface area contributed by atoms with Gasteiger partial charge in [-0.1, -0.05) is 37.3 Å². The molecule has 0 saturated carbocycles. The third-order valence-electron chi connectivity index (χ3n) is 5.95. The van der Waals surface area contributed by atoms with Crippen molar-refractivity contribution in [1.82, 2.24) is 9.88 Å². The molecule has 10 heteroatoms. The van der Waals surface area contributed by atoms with Gasteiger partial charge >= 0.3 is 0 Å². The van der Waals surface area contributed by atoms with Gasteiger partial charge in [0, 0.05) is 13.1 Å². The highest BCUT2D eigenvalue weighted by Crippen LogP contribution is 2.32. The first-order valence-corrected chi connectivity index (χ1v) is 14.4. The van der Waals surface area contributed by atoms with Crippen molar-refractivity contribution in [3.05, 3.63) is 48.0 Å². The molecule has 0 unspecified atom stereocenters. The second-order valence-electron chi connectivity index (χ2n) is 8.55. The molecule has 0 saturated heterocycles. The molecule has 0 aliphatic rings. The number of likely N-dealkylation sites (N-methyl/N-ethyl adjacent to an activating group) is 1. The number of ether oxygens (including phenoxy) is 1. The summed E-state index contributed by atoms with van der Waals surface area (Å²) in [4.78, 5) is 22.5. The molecule has 0 aliphatic carbocycles. The number of carbonyl (C=O) groups excluding carboxylic acids is 1. The molecule has 0 N–H and O–H groups in total. The lowest BCUT2D eigenvalue weighted by atomic mass is 10.1. The molecule has 3 aromatic rings. The molecule has 0 fully saturated rings. The van der Waals surface area contributed by atoms with Crippen LogP contribution in [-0.4, -0.2) is 62.2 Å². The maximum atomic E-state index is 13.5. The summed E-state index contributed by atoms with van der Waals surface area (Å²) < 4.78 is 31.4. The first-order valence-electron chi connectivity index (χ1n) is 12.1. The molecule has 198 valence electrons. The van der Waals surface area contributed by atoms with E-state index in [2.05, 4.69) is 18.7 Å². The average Bonchev–Trinajstić information content (AvgIpc) is 3.25. The van der Waals surface area contributed by atoms with Gasteiger partial charge in [0.1, 0.15) is 5.75 Å². The van der Waals surface area contributed by atoms with Crippen molar-refractivity contribution in [2.24, 2.45) is 0 Å². The summed E-state index contributed by atoms with van der Waals surface area (Å²) in [5.41, 5.74) is 1.60. The first-order chi connectivity index (χ1) is 16.7. The number of benzene rings is 2. The Bertz CT molecular complexity index is 1240. The maximum Gasteiger partial charge on any atom is 0.233 e.